The first-order valence-corrected chi connectivity index (χ1v) is 6.52. The Bertz CT molecular complexity index is 562. The lowest BCUT2D eigenvalue weighted by Crippen LogP contribution is -2.51. The quantitative estimate of drug-likeness (QED) is 0.695. The van der Waals surface area contributed by atoms with Gasteiger partial charge < -0.3 is 20.9 Å². The molecule has 1 rings (SSSR count). The monoisotopic (exact) mass is 298 g/mol. The van der Waals surface area contributed by atoms with Gasteiger partial charge in [-0.05, 0) is 26.3 Å². The van der Waals surface area contributed by atoms with Gasteiger partial charge >= 0.3 is 5.97 Å². The summed E-state index contributed by atoms with van der Waals surface area (Å²) in [4.78, 5) is 23.4. The van der Waals surface area contributed by atoms with Crippen molar-refractivity contribution in [3.63, 3.8) is 0 Å². The highest BCUT2D eigenvalue weighted by Gasteiger charge is 2.34. The van der Waals surface area contributed by atoms with Crippen LogP contribution in [0.4, 0.5) is 10.1 Å². The van der Waals surface area contributed by atoms with Gasteiger partial charge in [-0.1, -0.05) is 6.92 Å². The summed E-state index contributed by atoms with van der Waals surface area (Å²) < 4.78 is 18.8. The summed E-state index contributed by atoms with van der Waals surface area (Å²) in [5, 5.41) is 11.5. The van der Waals surface area contributed by atoms with Crippen molar-refractivity contribution in [1.82, 2.24) is 5.32 Å². The minimum Gasteiger partial charge on any atom is -0.493 e. The number of carboxylic acid groups (broad SMARTS) is 1. The van der Waals surface area contributed by atoms with Gasteiger partial charge in [0.25, 0.3) is 5.91 Å². The molecule has 0 radical (unpaired) electrons. The second-order valence-corrected chi connectivity index (χ2v) is 4.75. The van der Waals surface area contributed by atoms with Crippen molar-refractivity contribution < 1.29 is 23.8 Å². The van der Waals surface area contributed by atoms with Crippen molar-refractivity contribution in [2.75, 3.05) is 12.3 Å². The third kappa shape index (κ3) is 3.62. The van der Waals surface area contributed by atoms with Crippen LogP contribution in [0.1, 0.15) is 37.6 Å². The van der Waals surface area contributed by atoms with E-state index in [0.29, 0.717) is 0 Å². The molecule has 0 aliphatic heterocycles. The highest BCUT2D eigenvalue weighted by molar-refractivity contribution is 6.00. The van der Waals surface area contributed by atoms with Gasteiger partial charge in [0.2, 0.25) is 0 Å². The van der Waals surface area contributed by atoms with Crippen LogP contribution in [0.5, 0.6) is 5.75 Å². The van der Waals surface area contributed by atoms with Crippen LogP contribution in [-0.4, -0.2) is 29.1 Å². The summed E-state index contributed by atoms with van der Waals surface area (Å²) in [7, 11) is 0. The normalized spacial score (nSPS) is 13.3. The lowest BCUT2D eigenvalue weighted by molar-refractivity contribution is -0.143. The van der Waals surface area contributed by atoms with Crippen LogP contribution in [0.25, 0.3) is 0 Å². The van der Waals surface area contributed by atoms with Crippen LogP contribution in [0.2, 0.25) is 0 Å². The number of nitrogens with one attached hydrogen (secondary N) is 1. The summed E-state index contributed by atoms with van der Waals surface area (Å²) in [5.74, 6) is -2.56. The Morgan fingerprint density at radius 2 is 2.05 bits per heavy atom. The molecule has 7 heteroatoms. The molecule has 0 spiro atoms. The molecule has 0 saturated heterocycles. The fourth-order valence-electron chi connectivity index (χ4n) is 1.63. The van der Waals surface area contributed by atoms with Crippen LogP contribution >= 0.6 is 0 Å². The van der Waals surface area contributed by atoms with Crippen molar-refractivity contribution in [2.45, 2.75) is 32.7 Å². The number of carbonyl (C=O) groups is 2. The number of rotatable bonds is 6. The van der Waals surface area contributed by atoms with Crippen LogP contribution in [-0.2, 0) is 4.79 Å². The van der Waals surface area contributed by atoms with Crippen molar-refractivity contribution >= 4 is 17.6 Å². The van der Waals surface area contributed by atoms with E-state index in [-0.39, 0.29) is 30.0 Å². The number of carboxylic acids is 1. The van der Waals surface area contributed by atoms with Gasteiger partial charge in [0.1, 0.15) is 17.1 Å². The highest BCUT2D eigenvalue weighted by atomic mass is 19.1. The Balaban J connectivity index is 3.17. The number of carbonyl (C=O) groups excluding carboxylic acids is 1. The molecule has 4 N–H and O–H groups in total. The van der Waals surface area contributed by atoms with E-state index in [0.717, 1.165) is 6.07 Å². The lowest BCUT2D eigenvalue weighted by atomic mass is 9.98. The molecule has 0 bridgehead atoms. The molecule has 0 aromatic heterocycles. The number of hydrogen-bond acceptors (Lipinski definition) is 4. The van der Waals surface area contributed by atoms with E-state index in [2.05, 4.69) is 5.32 Å². The van der Waals surface area contributed by atoms with Gasteiger partial charge in [0, 0.05) is 6.07 Å². The van der Waals surface area contributed by atoms with Crippen LogP contribution in [0.15, 0.2) is 12.1 Å². The molecule has 1 amide bonds. The average molecular weight is 298 g/mol. The van der Waals surface area contributed by atoms with Gasteiger partial charge in [-0.15, -0.1) is 0 Å². The van der Waals surface area contributed by atoms with Crippen LogP contribution in [0.3, 0.4) is 0 Å². The summed E-state index contributed by atoms with van der Waals surface area (Å²) >= 11 is 0. The van der Waals surface area contributed by atoms with Gasteiger partial charge in [-0.25, -0.2) is 9.18 Å². The van der Waals surface area contributed by atoms with E-state index < -0.39 is 23.2 Å². The Morgan fingerprint density at radius 3 is 2.52 bits per heavy atom. The first-order chi connectivity index (χ1) is 9.75. The van der Waals surface area contributed by atoms with Gasteiger partial charge in [-0.3, -0.25) is 4.79 Å². The number of halogens is 1. The Labute approximate surface area is 122 Å². The lowest BCUT2D eigenvalue weighted by Gasteiger charge is -2.25. The Kier molecular flexibility index (Phi) is 5.12. The second-order valence-electron chi connectivity index (χ2n) is 4.75. The van der Waals surface area contributed by atoms with E-state index in [9.17, 15) is 14.0 Å². The second kappa shape index (κ2) is 6.43. The summed E-state index contributed by atoms with van der Waals surface area (Å²) in [6.45, 7) is 4.96. The maximum absolute atomic E-state index is 13.6. The fourth-order valence-corrected chi connectivity index (χ4v) is 1.63. The molecule has 0 fully saturated rings. The van der Waals surface area contributed by atoms with Crippen molar-refractivity contribution in [1.29, 1.82) is 0 Å². The molecule has 1 aromatic carbocycles. The smallest absolute Gasteiger partial charge is 0.329 e. The zero-order valence-corrected chi connectivity index (χ0v) is 12.2. The molecule has 0 aliphatic rings. The molecule has 6 nitrogen and oxygen atoms in total. The van der Waals surface area contributed by atoms with Crippen molar-refractivity contribution in [3.05, 3.63) is 23.5 Å². The molecular formula is C14H19FN2O4. The van der Waals surface area contributed by atoms with E-state index in [1.165, 1.54) is 13.0 Å². The Hall–Kier alpha value is -2.31. The minimum absolute atomic E-state index is 0.0931. The minimum atomic E-state index is -1.45. The third-order valence-electron chi connectivity index (χ3n) is 3.21. The number of amides is 1. The Morgan fingerprint density at radius 1 is 1.43 bits per heavy atom. The molecule has 0 heterocycles. The van der Waals surface area contributed by atoms with Gasteiger partial charge in [-0.2, -0.15) is 0 Å². The molecule has 0 aliphatic carbocycles. The molecule has 116 valence electrons. The number of aliphatic carboxylic acids is 1. The van der Waals surface area contributed by atoms with E-state index >= 15 is 0 Å². The maximum Gasteiger partial charge on any atom is 0.329 e. The molecule has 1 atom stereocenters. The number of nitrogen functional groups attached to an aromatic ring is 1. The number of hydrogen-bond donors (Lipinski definition) is 3. The van der Waals surface area contributed by atoms with E-state index in [1.807, 2.05) is 0 Å². The maximum atomic E-state index is 13.6. The van der Waals surface area contributed by atoms with Gasteiger partial charge in [0.05, 0.1) is 17.9 Å². The standard InChI is InChI=1S/C14H19FN2O4/c1-4-14(3,13(19)20)17-12(18)8-6-9(15)10(16)7-11(8)21-5-2/h6-7H,4-5,16H2,1-3H3,(H,17,18)(H,19,20)/t14-/m0/s1. The molecular weight excluding hydrogens is 279 g/mol. The van der Waals surface area contributed by atoms with Crippen molar-refractivity contribution in [3.8, 4) is 5.75 Å². The first-order valence-electron chi connectivity index (χ1n) is 6.52. The average Bonchev–Trinajstić information content (AvgIpc) is 2.42. The zero-order valence-electron chi connectivity index (χ0n) is 12.2. The summed E-state index contributed by atoms with van der Waals surface area (Å²) in [6.07, 6.45) is 0.176. The number of ether oxygens (including phenoxy) is 1. The van der Waals surface area contributed by atoms with Crippen molar-refractivity contribution in [2.24, 2.45) is 0 Å². The molecule has 0 unspecified atom stereocenters. The highest BCUT2D eigenvalue weighted by Crippen LogP contribution is 2.25. The van der Waals surface area contributed by atoms with E-state index in [1.54, 1.807) is 13.8 Å². The molecule has 0 saturated carbocycles. The zero-order chi connectivity index (χ0) is 16.2. The number of nitrogens with two attached hydrogens (primary N) is 1. The predicted molar refractivity (Wildman–Crippen MR) is 75.8 cm³/mol. The molecule has 1 aromatic rings. The van der Waals surface area contributed by atoms with Gasteiger partial charge in [0.15, 0.2) is 0 Å². The predicted octanol–water partition coefficient (Wildman–Crippen LogP) is 1.79. The fraction of sp³-hybridized carbons (Fsp3) is 0.429. The number of benzene rings is 1. The van der Waals surface area contributed by atoms with Crippen LogP contribution in [0, 0.1) is 5.82 Å². The third-order valence-corrected chi connectivity index (χ3v) is 3.21. The van der Waals surface area contributed by atoms with E-state index in [4.69, 9.17) is 15.6 Å². The SMILES string of the molecule is CCOc1cc(N)c(F)cc1C(=O)N[C@@](C)(CC)C(=O)O. The summed E-state index contributed by atoms with van der Waals surface area (Å²) in [6, 6.07) is 2.14. The largest absolute Gasteiger partial charge is 0.493 e. The number of anilines is 1. The molecule has 21 heavy (non-hydrogen) atoms. The first kappa shape index (κ1) is 16.7. The van der Waals surface area contributed by atoms with Crippen LogP contribution < -0.4 is 15.8 Å². The summed E-state index contributed by atoms with van der Waals surface area (Å²) in [5.41, 5.74) is 3.75. The topological polar surface area (TPSA) is 102 Å².